The van der Waals surface area contributed by atoms with Gasteiger partial charge in [-0.1, -0.05) is 53.2 Å². The van der Waals surface area contributed by atoms with Gasteiger partial charge in [-0.3, -0.25) is 4.79 Å². The number of carbonyl (C=O) groups is 1. The molecule has 47 heavy (non-hydrogen) atoms. The summed E-state index contributed by atoms with van der Waals surface area (Å²) >= 11 is 0. The number of allylic oxidation sites excluding steroid dienone is 2. The predicted molar refractivity (Wildman–Crippen MR) is 175 cm³/mol. The molecule has 8 aliphatic rings. The van der Waals surface area contributed by atoms with E-state index in [-0.39, 0.29) is 57.7 Å². The highest BCUT2D eigenvalue weighted by atomic mass is 16.6. The molecule has 3 heterocycles. The Kier molecular flexibility index (Phi) is 7.25. The predicted octanol–water partition coefficient (Wildman–Crippen LogP) is 5.51. The Hall–Kier alpha value is -1.03. The van der Waals surface area contributed by atoms with Crippen LogP contribution in [0.5, 0.6) is 0 Å². The molecule has 0 radical (unpaired) electrons. The molecule has 3 saturated heterocycles. The Morgan fingerprint density at radius 2 is 1.53 bits per heavy atom. The topological polar surface area (TPSA) is 126 Å². The first-order chi connectivity index (χ1) is 21.9. The molecular formula is C39H60O8. The van der Waals surface area contributed by atoms with Crippen molar-refractivity contribution in [1.82, 2.24) is 0 Å². The van der Waals surface area contributed by atoms with Crippen molar-refractivity contribution in [2.45, 2.75) is 161 Å². The number of ether oxygens (including phenoxy) is 3. The molecule has 0 amide bonds. The molecule has 8 nitrogen and oxygen atoms in total. The first-order valence-corrected chi connectivity index (χ1v) is 18.9. The van der Waals surface area contributed by atoms with Crippen LogP contribution < -0.4 is 0 Å². The van der Waals surface area contributed by atoms with Crippen LogP contribution in [-0.2, 0) is 19.0 Å². The molecule has 7 fully saturated rings. The van der Waals surface area contributed by atoms with Crippen molar-refractivity contribution in [1.29, 1.82) is 0 Å². The van der Waals surface area contributed by atoms with E-state index in [1.54, 1.807) is 0 Å². The Balaban J connectivity index is 1.07. The van der Waals surface area contributed by atoms with Crippen molar-refractivity contribution in [3.8, 4) is 0 Å². The average molecular weight is 657 g/mol. The first-order valence-electron chi connectivity index (χ1n) is 18.9. The molecule has 264 valence electrons. The van der Waals surface area contributed by atoms with E-state index in [0.717, 1.165) is 64.2 Å². The number of carboxylic acid groups (broad SMARTS) is 1. The highest BCUT2D eigenvalue weighted by molar-refractivity contribution is 5.76. The Bertz CT molecular complexity index is 1350. The number of carboxylic acids is 1. The van der Waals surface area contributed by atoms with E-state index in [1.165, 1.54) is 5.57 Å². The molecule has 0 spiro atoms. The Morgan fingerprint density at radius 3 is 2.26 bits per heavy atom. The third-order valence-corrected chi connectivity index (χ3v) is 17.1. The highest BCUT2D eigenvalue weighted by Gasteiger charge is 2.73. The van der Waals surface area contributed by atoms with Gasteiger partial charge in [-0.05, 0) is 111 Å². The van der Waals surface area contributed by atoms with Crippen LogP contribution in [0.1, 0.15) is 113 Å². The zero-order chi connectivity index (χ0) is 33.7. The van der Waals surface area contributed by atoms with E-state index in [2.05, 4.69) is 47.6 Å². The summed E-state index contributed by atoms with van der Waals surface area (Å²) in [6, 6.07) is 0. The van der Waals surface area contributed by atoms with Crippen molar-refractivity contribution in [2.75, 3.05) is 6.61 Å². The maximum Gasteiger partial charge on any atom is 0.310 e. The Morgan fingerprint density at radius 1 is 0.830 bits per heavy atom. The summed E-state index contributed by atoms with van der Waals surface area (Å²) in [6.45, 7) is 16.6. The molecule has 8 heteroatoms. The van der Waals surface area contributed by atoms with Gasteiger partial charge < -0.3 is 34.6 Å². The minimum absolute atomic E-state index is 0.0161. The number of hydrogen-bond donors (Lipinski definition) is 4. The molecule has 5 aliphatic carbocycles. The van der Waals surface area contributed by atoms with Crippen LogP contribution in [0.3, 0.4) is 0 Å². The van der Waals surface area contributed by atoms with Crippen molar-refractivity contribution in [2.24, 2.45) is 56.7 Å². The van der Waals surface area contributed by atoms with E-state index in [1.807, 2.05) is 6.92 Å². The van der Waals surface area contributed by atoms with Crippen LogP contribution in [-0.4, -0.2) is 81.3 Å². The zero-order valence-corrected chi connectivity index (χ0v) is 29.7. The molecule has 0 aromatic heterocycles. The van der Waals surface area contributed by atoms with Crippen LogP contribution in [0.4, 0.5) is 0 Å². The quantitative estimate of drug-likeness (QED) is 0.287. The van der Waals surface area contributed by atoms with E-state index >= 15 is 0 Å². The Labute approximate surface area is 281 Å². The maximum atomic E-state index is 13.0. The normalized spacial score (nSPS) is 59.4. The van der Waals surface area contributed by atoms with E-state index in [0.29, 0.717) is 11.8 Å². The smallest absolute Gasteiger partial charge is 0.310 e. The summed E-state index contributed by atoms with van der Waals surface area (Å²) in [5, 5.41) is 43.5. The highest BCUT2D eigenvalue weighted by Crippen LogP contribution is 2.76. The molecule has 17 atom stereocenters. The molecule has 0 aromatic carbocycles. The lowest BCUT2D eigenvalue weighted by atomic mass is 9.33. The van der Waals surface area contributed by atoms with Crippen LogP contribution in [0.25, 0.3) is 0 Å². The number of rotatable bonds is 2. The number of fused-ring (bicyclic) bond motifs is 10. The van der Waals surface area contributed by atoms with Crippen LogP contribution >= 0.6 is 0 Å². The fourth-order valence-corrected chi connectivity index (χ4v) is 13.9. The second-order valence-electron chi connectivity index (χ2n) is 19.4. The van der Waals surface area contributed by atoms with Gasteiger partial charge in [0.15, 0.2) is 0 Å². The van der Waals surface area contributed by atoms with E-state index in [9.17, 15) is 25.2 Å². The standard InChI is InChI=1S/C39H60O8/c1-20-24(40)19-45-31-27(41)28(42)32(46-29(20)31)30-22-10-12-35(4)25-9-8-21-23-18-34(2,3)14-16-39(23,33(43)44)17-15-36(21,5)37(25,6)13-11-26(35)38(22,7)47-30/h8,20,22-32,40-42H,9-19H2,1-7H3,(H,43,44)/t20?,22-,23?,24?,25?,26?,27?,28?,29?,30-,31-,32-,35-,36-,37-,38-,39+/m1/s1. The average Bonchev–Trinajstić information content (AvgIpc) is 2.99. The SMILES string of the molecule is CC1C(O)CO[C@@H]2C(O)C(O)[C@H]([C@@H]3O[C@@]4(C)C5CC[C@]6(C)C(CC=C7C8CC(C)(C)CC[C@]8(C(=O)O)CC[C@]76C)[C@@]5(C)CC[C@H]34)OC12. The number of aliphatic carboxylic acids is 1. The number of aliphatic hydroxyl groups is 3. The van der Waals surface area contributed by atoms with Crippen LogP contribution in [0, 0.1) is 56.7 Å². The lowest BCUT2D eigenvalue weighted by Crippen LogP contribution is -2.76. The molecule has 4 saturated carbocycles. The van der Waals surface area contributed by atoms with Crippen molar-refractivity contribution in [3.63, 3.8) is 0 Å². The molecule has 0 aromatic rings. The lowest BCUT2D eigenvalue weighted by molar-refractivity contribution is -0.381. The monoisotopic (exact) mass is 656 g/mol. The van der Waals surface area contributed by atoms with Crippen LogP contribution in [0.2, 0.25) is 0 Å². The van der Waals surface area contributed by atoms with Gasteiger partial charge in [-0.2, -0.15) is 0 Å². The fourth-order valence-electron chi connectivity index (χ4n) is 13.9. The minimum atomic E-state index is -1.10. The third kappa shape index (κ3) is 4.12. The molecule has 4 N–H and O–H groups in total. The van der Waals surface area contributed by atoms with Crippen molar-refractivity contribution >= 4 is 5.97 Å². The first kappa shape index (κ1) is 33.1. The maximum absolute atomic E-state index is 13.0. The van der Waals surface area contributed by atoms with Gasteiger partial charge in [0, 0.05) is 11.8 Å². The molecule has 8 rings (SSSR count). The minimum Gasteiger partial charge on any atom is -0.481 e. The number of aliphatic hydroxyl groups excluding tert-OH is 3. The van der Waals surface area contributed by atoms with Gasteiger partial charge in [0.05, 0.1) is 35.9 Å². The lowest BCUT2D eigenvalue weighted by Gasteiger charge is -2.74. The summed E-state index contributed by atoms with van der Waals surface area (Å²) < 4.78 is 19.2. The summed E-state index contributed by atoms with van der Waals surface area (Å²) in [7, 11) is 0. The summed E-state index contributed by atoms with van der Waals surface area (Å²) in [4.78, 5) is 13.0. The summed E-state index contributed by atoms with van der Waals surface area (Å²) in [6.07, 6.45) is 7.30. The second-order valence-corrected chi connectivity index (χ2v) is 19.4. The van der Waals surface area contributed by atoms with Crippen molar-refractivity contribution < 1.29 is 39.4 Å². The second kappa shape index (κ2) is 10.3. The van der Waals surface area contributed by atoms with Gasteiger partial charge in [0.1, 0.15) is 24.4 Å². The third-order valence-electron chi connectivity index (χ3n) is 17.1. The van der Waals surface area contributed by atoms with Crippen molar-refractivity contribution in [3.05, 3.63) is 11.6 Å². The summed E-state index contributed by atoms with van der Waals surface area (Å²) in [5.74, 6) is 0.403. The molecular weight excluding hydrogens is 596 g/mol. The largest absolute Gasteiger partial charge is 0.481 e. The molecule has 0 bridgehead atoms. The molecule has 3 aliphatic heterocycles. The van der Waals surface area contributed by atoms with Gasteiger partial charge in [-0.25, -0.2) is 0 Å². The fraction of sp³-hybridized carbons (Fsp3) is 0.923. The van der Waals surface area contributed by atoms with Gasteiger partial charge >= 0.3 is 5.97 Å². The van der Waals surface area contributed by atoms with Gasteiger partial charge in [0.25, 0.3) is 0 Å². The number of hydrogen-bond acceptors (Lipinski definition) is 7. The van der Waals surface area contributed by atoms with E-state index < -0.39 is 48.0 Å². The zero-order valence-electron chi connectivity index (χ0n) is 29.7. The molecule has 8 unspecified atom stereocenters. The summed E-state index contributed by atoms with van der Waals surface area (Å²) in [5.41, 5.74) is 0.813. The van der Waals surface area contributed by atoms with Crippen LogP contribution in [0.15, 0.2) is 11.6 Å². The van der Waals surface area contributed by atoms with Gasteiger partial charge in [-0.15, -0.1) is 0 Å². The van der Waals surface area contributed by atoms with E-state index in [4.69, 9.17) is 14.2 Å². The van der Waals surface area contributed by atoms with Gasteiger partial charge in [0.2, 0.25) is 0 Å².